The summed E-state index contributed by atoms with van der Waals surface area (Å²) >= 11 is 0. The van der Waals surface area contributed by atoms with Gasteiger partial charge in [-0.1, -0.05) is 30.3 Å². The van der Waals surface area contributed by atoms with E-state index >= 15 is 0 Å². The fourth-order valence-electron chi connectivity index (χ4n) is 3.71. The number of rotatable bonds is 5. The number of hydrogen-bond donors (Lipinski definition) is 2. The minimum atomic E-state index is -0.915. The van der Waals surface area contributed by atoms with Crippen molar-refractivity contribution < 1.29 is 29.0 Å². The standard InChI is InChI=1S/C23H21NO7/c25-17-9-16(30-13-21(27)24-8-4-7-15(12-24)23(28)29)10-20-22(17)18(26)11-19(31-20)14-5-2-1-3-6-14/h1-3,5-6,9-11,15,25H,4,7-8,12-13H2,(H,28,29)/t15-/m1/s1. The van der Waals surface area contributed by atoms with Gasteiger partial charge in [0.25, 0.3) is 5.91 Å². The van der Waals surface area contributed by atoms with Crippen molar-refractivity contribution >= 4 is 22.8 Å². The van der Waals surface area contributed by atoms with Crippen molar-refractivity contribution in [1.82, 2.24) is 4.90 Å². The Morgan fingerprint density at radius 2 is 1.94 bits per heavy atom. The Bertz CT molecular complexity index is 1190. The monoisotopic (exact) mass is 423 g/mol. The van der Waals surface area contributed by atoms with Crippen molar-refractivity contribution in [1.29, 1.82) is 0 Å². The first-order chi connectivity index (χ1) is 14.9. The lowest BCUT2D eigenvalue weighted by Crippen LogP contribution is -2.44. The number of aromatic hydroxyl groups is 1. The minimum absolute atomic E-state index is 0.0266. The molecule has 2 heterocycles. The van der Waals surface area contributed by atoms with Crippen LogP contribution in [0.4, 0.5) is 0 Å². The van der Waals surface area contributed by atoms with Gasteiger partial charge in [-0.15, -0.1) is 0 Å². The molecule has 1 aliphatic rings. The third-order valence-corrected chi connectivity index (χ3v) is 5.33. The SMILES string of the molecule is O=C(O)[C@@H]1CCCN(C(=O)COc2cc(O)c3c(=O)cc(-c4ccccc4)oc3c2)C1. The second kappa shape index (κ2) is 8.51. The van der Waals surface area contributed by atoms with E-state index in [9.17, 15) is 24.6 Å². The highest BCUT2D eigenvalue weighted by molar-refractivity contribution is 5.86. The summed E-state index contributed by atoms with van der Waals surface area (Å²) in [7, 11) is 0. The van der Waals surface area contributed by atoms with Crippen LogP contribution in [0.15, 0.2) is 57.7 Å². The summed E-state index contributed by atoms with van der Waals surface area (Å²) < 4.78 is 11.3. The van der Waals surface area contributed by atoms with Crippen molar-refractivity contribution in [2.75, 3.05) is 19.7 Å². The van der Waals surface area contributed by atoms with Crippen molar-refractivity contribution in [3.8, 4) is 22.8 Å². The van der Waals surface area contributed by atoms with Crippen LogP contribution in [-0.4, -0.2) is 46.7 Å². The molecule has 1 saturated heterocycles. The topological polar surface area (TPSA) is 117 Å². The van der Waals surface area contributed by atoms with Gasteiger partial charge in [0.2, 0.25) is 0 Å². The van der Waals surface area contributed by atoms with E-state index in [0.717, 1.165) is 0 Å². The molecular weight excluding hydrogens is 402 g/mol. The molecule has 3 aromatic rings. The van der Waals surface area contributed by atoms with Gasteiger partial charge in [0.05, 0.1) is 5.92 Å². The van der Waals surface area contributed by atoms with Gasteiger partial charge in [-0.2, -0.15) is 0 Å². The fourth-order valence-corrected chi connectivity index (χ4v) is 3.71. The molecule has 0 saturated carbocycles. The molecule has 1 aromatic heterocycles. The third kappa shape index (κ3) is 4.37. The summed E-state index contributed by atoms with van der Waals surface area (Å²) in [5.41, 5.74) is 0.451. The van der Waals surface area contributed by atoms with E-state index in [4.69, 9.17) is 9.15 Å². The number of carbonyl (C=O) groups excluding carboxylic acids is 1. The molecule has 8 heteroatoms. The van der Waals surface area contributed by atoms with E-state index < -0.39 is 17.3 Å². The highest BCUT2D eigenvalue weighted by Gasteiger charge is 2.28. The molecule has 1 fully saturated rings. The average molecular weight is 423 g/mol. The summed E-state index contributed by atoms with van der Waals surface area (Å²) in [5, 5.41) is 19.5. The zero-order chi connectivity index (χ0) is 22.0. The van der Waals surface area contributed by atoms with Gasteiger partial charge in [0.15, 0.2) is 12.0 Å². The quantitative estimate of drug-likeness (QED) is 0.648. The molecule has 8 nitrogen and oxygen atoms in total. The smallest absolute Gasteiger partial charge is 0.308 e. The van der Waals surface area contributed by atoms with Crippen LogP contribution >= 0.6 is 0 Å². The number of carboxylic acid groups (broad SMARTS) is 1. The summed E-state index contributed by atoms with van der Waals surface area (Å²) in [6, 6.07) is 13.1. The molecule has 2 aromatic carbocycles. The molecule has 0 unspecified atom stereocenters. The Balaban J connectivity index is 1.55. The van der Waals surface area contributed by atoms with Crippen LogP contribution in [0.25, 0.3) is 22.3 Å². The first-order valence-electron chi connectivity index (χ1n) is 9.92. The highest BCUT2D eigenvalue weighted by atomic mass is 16.5. The van der Waals surface area contributed by atoms with Crippen LogP contribution in [-0.2, 0) is 9.59 Å². The molecule has 4 rings (SSSR count). The van der Waals surface area contributed by atoms with Gasteiger partial charge in [-0.25, -0.2) is 0 Å². The molecular formula is C23H21NO7. The van der Waals surface area contributed by atoms with Crippen molar-refractivity contribution in [3.05, 3.63) is 58.8 Å². The number of piperidine rings is 1. The molecule has 0 aliphatic carbocycles. The molecule has 0 bridgehead atoms. The number of ether oxygens (including phenoxy) is 1. The van der Waals surface area contributed by atoms with E-state index in [-0.39, 0.29) is 41.5 Å². The fraction of sp³-hybridized carbons (Fsp3) is 0.261. The van der Waals surface area contributed by atoms with Crippen molar-refractivity contribution in [3.63, 3.8) is 0 Å². The summed E-state index contributed by atoms with van der Waals surface area (Å²) in [5.74, 6) is -1.63. The second-order valence-corrected chi connectivity index (χ2v) is 7.46. The first kappa shape index (κ1) is 20.5. The molecule has 2 N–H and O–H groups in total. The molecule has 0 spiro atoms. The lowest BCUT2D eigenvalue weighted by molar-refractivity contribution is -0.146. The number of carboxylic acids is 1. The van der Waals surface area contributed by atoms with Gasteiger partial charge in [-0.3, -0.25) is 14.4 Å². The molecule has 160 valence electrons. The number of benzene rings is 2. The van der Waals surface area contributed by atoms with Crippen LogP contribution in [0.5, 0.6) is 11.5 Å². The lowest BCUT2D eigenvalue weighted by atomic mass is 9.98. The summed E-state index contributed by atoms with van der Waals surface area (Å²) in [6.45, 7) is 0.306. The van der Waals surface area contributed by atoms with Crippen LogP contribution in [0.3, 0.4) is 0 Å². The van der Waals surface area contributed by atoms with E-state index in [1.165, 1.54) is 23.1 Å². The maximum Gasteiger partial charge on any atom is 0.308 e. The number of carbonyl (C=O) groups is 2. The minimum Gasteiger partial charge on any atom is -0.507 e. The Hall–Kier alpha value is -3.81. The molecule has 1 atom stereocenters. The number of nitrogens with zero attached hydrogens (tertiary/aromatic N) is 1. The average Bonchev–Trinajstić information content (AvgIpc) is 2.77. The first-order valence-corrected chi connectivity index (χ1v) is 9.92. The van der Waals surface area contributed by atoms with Crippen molar-refractivity contribution in [2.24, 2.45) is 5.92 Å². The molecule has 1 amide bonds. The number of likely N-dealkylation sites (tertiary alicyclic amines) is 1. The van der Waals surface area contributed by atoms with Gasteiger partial charge in [-0.05, 0) is 12.8 Å². The van der Waals surface area contributed by atoms with Crippen LogP contribution in [0, 0.1) is 5.92 Å². The summed E-state index contributed by atoms with van der Waals surface area (Å²) in [6.07, 6.45) is 1.16. The Morgan fingerprint density at radius 1 is 1.16 bits per heavy atom. The number of fused-ring (bicyclic) bond motifs is 1. The molecule has 0 radical (unpaired) electrons. The maximum absolute atomic E-state index is 12.5. The van der Waals surface area contributed by atoms with E-state index in [1.807, 2.05) is 18.2 Å². The van der Waals surface area contributed by atoms with Gasteiger partial charge < -0.3 is 24.3 Å². The van der Waals surface area contributed by atoms with Gasteiger partial charge in [0.1, 0.15) is 28.2 Å². The number of amides is 1. The number of phenols is 1. The predicted octanol–water partition coefficient (Wildman–Crippen LogP) is 2.87. The van der Waals surface area contributed by atoms with Gasteiger partial charge >= 0.3 is 5.97 Å². The van der Waals surface area contributed by atoms with Gasteiger partial charge in [0, 0.05) is 36.9 Å². The Morgan fingerprint density at radius 3 is 2.68 bits per heavy atom. The molecule has 1 aliphatic heterocycles. The Kier molecular flexibility index (Phi) is 5.62. The van der Waals surface area contributed by atoms with E-state index in [0.29, 0.717) is 30.7 Å². The van der Waals surface area contributed by atoms with Crippen LogP contribution in [0.2, 0.25) is 0 Å². The van der Waals surface area contributed by atoms with Crippen LogP contribution < -0.4 is 10.2 Å². The Labute approximate surface area is 177 Å². The van der Waals surface area contributed by atoms with Crippen LogP contribution in [0.1, 0.15) is 12.8 Å². The number of phenolic OH excluding ortho intramolecular Hbond substituents is 1. The largest absolute Gasteiger partial charge is 0.507 e. The summed E-state index contributed by atoms with van der Waals surface area (Å²) in [4.78, 5) is 37.6. The normalized spacial score (nSPS) is 16.3. The van der Waals surface area contributed by atoms with Crippen molar-refractivity contribution in [2.45, 2.75) is 12.8 Å². The second-order valence-electron chi connectivity index (χ2n) is 7.46. The number of hydrogen-bond acceptors (Lipinski definition) is 6. The zero-order valence-corrected chi connectivity index (χ0v) is 16.6. The maximum atomic E-state index is 12.5. The van der Waals surface area contributed by atoms with E-state index in [2.05, 4.69) is 0 Å². The third-order valence-electron chi connectivity index (χ3n) is 5.33. The zero-order valence-electron chi connectivity index (χ0n) is 16.6. The lowest BCUT2D eigenvalue weighted by Gasteiger charge is -2.30. The van der Waals surface area contributed by atoms with E-state index in [1.54, 1.807) is 12.1 Å². The highest BCUT2D eigenvalue weighted by Crippen LogP contribution is 2.31. The number of aliphatic carboxylic acids is 1. The predicted molar refractivity (Wildman–Crippen MR) is 112 cm³/mol. The molecule has 31 heavy (non-hydrogen) atoms.